The fourth-order valence-electron chi connectivity index (χ4n) is 2.78. The highest BCUT2D eigenvalue weighted by Gasteiger charge is 2.12. The number of carbonyl (C=O) groups is 1. The van der Waals surface area contributed by atoms with Crippen LogP contribution in [0.4, 0.5) is 5.69 Å². The summed E-state index contributed by atoms with van der Waals surface area (Å²) in [5.74, 6) is 2.08. The monoisotopic (exact) mass is 420 g/mol. The molecule has 0 unspecified atom stereocenters. The molecule has 0 fully saturated rings. The Bertz CT molecular complexity index is 1130. The Morgan fingerprint density at radius 1 is 1.13 bits per heavy atom. The molecule has 0 spiro atoms. The zero-order valence-corrected chi connectivity index (χ0v) is 17.1. The van der Waals surface area contributed by atoms with Gasteiger partial charge in [0.05, 0.1) is 5.75 Å². The molecular weight excluding hydrogens is 400 g/mol. The molecule has 2 N–H and O–H groups in total. The summed E-state index contributed by atoms with van der Waals surface area (Å²) < 4.78 is 5.24. The predicted molar refractivity (Wildman–Crippen MR) is 114 cm³/mol. The molecule has 0 bridgehead atoms. The Morgan fingerprint density at radius 2 is 2.00 bits per heavy atom. The first-order valence-electron chi connectivity index (χ1n) is 9.44. The number of para-hydroxylation sites is 1. The summed E-state index contributed by atoms with van der Waals surface area (Å²) >= 11 is 1.41. The van der Waals surface area contributed by atoms with Crippen LogP contribution in [-0.2, 0) is 17.0 Å². The summed E-state index contributed by atoms with van der Waals surface area (Å²) in [6, 6.07) is 17.4. The Balaban J connectivity index is 1.26. The van der Waals surface area contributed by atoms with Gasteiger partial charge >= 0.3 is 0 Å². The number of hydrogen-bond acceptors (Lipinski definition) is 7. The number of hydrogen-bond donors (Lipinski definition) is 2. The average Bonchev–Trinajstić information content (AvgIpc) is 3.41. The van der Waals surface area contributed by atoms with Gasteiger partial charge in [0.15, 0.2) is 11.6 Å². The predicted octanol–water partition coefficient (Wildman–Crippen LogP) is 4.03. The minimum Gasteiger partial charge on any atom is -0.339 e. The summed E-state index contributed by atoms with van der Waals surface area (Å²) in [5.41, 5.74) is 2.92. The molecule has 0 aliphatic rings. The van der Waals surface area contributed by atoms with E-state index in [2.05, 4.69) is 30.6 Å². The van der Waals surface area contributed by atoms with E-state index < -0.39 is 0 Å². The number of aryl methyl sites for hydroxylation is 2. The number of aromatic nitrogens is 5. The lowest BCUT2D eigenvalue weighted by atomic mass is 10.1. The van der Waals surface area contributed by atoms with E-state index >= 15 is 0 Å². The van der Waals surface area contributed by atoms with Crippen LogP contribution in [0.3, 0.4) is 0 Å². The smallest absolute Gasteiger partial charge is 0.227 e. The van der Waals surface area contributed by atoms with Crippen molar-refractivity contribution >= 4 is 23.4 Å². The third-order valence-electron chi connectivity index (χ3n) is 4.22. The van der Waals surface area contributed by atoms with E-state index in [0.717, 1.165) is 22.6 Å². The van der Waals surface area contributed by atoms with Crippen molar-refractivity contribution in [1.82, 2.24) is 25.3 Å². The molecule has 0 aliphatic heterocycles. The molecule has 8 nitrogen and oxygen atoms in total. The van der Waals surface area contributed by atoms with Crippen LogP contribution in [-0.4, -0.2) is 31.2 Å². The van der Waals surface area contributed by atoms with Crippen molar-refractivity contribution in [3.05, 3.63) is 71.9 Å². The van der Waals surface area contributed by atoms with E-state index in [1.54, 1.807) is 0 Å². The van der Waals surface area contributed by atoms with E-state index in [0.29, 0.717) is 29.0 Å². The van der Waals surface area contributed by atoms with Gasteiger partial charge in [-0.25, -0.2) is 4.98 Å². The van der Waals surface area contributed by atoms with Crippen molar-refractivity contribution in [2.45, 2.75) is 30.7 Å². The molecule has 30 heavy (non-hydrogen) atoms. The maximum Gasteiger partial charge on any atom is 0.227 e. The molecule has 0 saturated heterocycles. The second-order valence-corrected chi connectivity index (χ2v) is 7.59. The maximum atomic E-state index is 12.0. The molecule has 0 atom stereocenters. The summed E-state index contributed by atoms with van der Waals surface area (Å²) in [4.78, 5) is 20.9. The van der Waals surface area contributed by atoms with Gasteiger partial charge in [-0.3, -0.25) is 9.89 Å². The fourth-order valence-corrected chi connectivity index (χ4v) is 3.42. The van der Waals surface area contributed by atoms with Crippen molar-refractivity contribution in [2.24, 2.45) is 0 Å². The number of carbonyl (C=O) groups excluding carboxylic acids is 1. The lowest BCUT2D eigenvalue weighted by Gasteiger charge is -2.02. The second kappa shape index (κ2) is 9.36. The Labute approximate surface area is 177 Å². The molecule has 2 heterocycles. The normalized spacial score (nSPS) is 10.8. The van der Waals surface area contributed by atoms with E-state index in [-0.39, 0.29) is 12.3 Å². The molecule has 152 valence electrons. The highest BCUT2D eigenvalue weighted by Crippen LogP contribution is 2.22. The molecule has 0 saturated carbocycles. The van der Waals surface area contributed by atoms with Gasteiger partial charge in [0.1, 0.15) is 0 Å². The minimum atomic E-state index is -0.0975. The van der Waals surface area contributed by atoms with Crippen molar-refractivity contribution in [3.8, 4) is 11.4 Å². The van der Waals surface area contributed by atoms with E-state index in [4.69, 9.17) is 4.52 Å². The number of benzene rings is 2. The zero-order valence-electron chi connectivity index (χ0n) is 16.3. The number of amides is 1. The van der Waals surface area contributed by atoms with Crippen LogP contribution in [0.1, 0.15) is 23.7 Å². The summed E-state index contributed by atoms with van der Waals surface area (Å²) in [6.45, 7) is 2.04. The fraction of sp³-hybridized carbons (Fsp3) is 0.190. The van der Waals surface area contributed by atoms with Crippen LogP contribution in [0.5, 0.6) is 0 Å². The SMILES string of the molecule is Cc1cccc(-c2nc(SCc3noc(CCC(=O)Nc4ccccc4)n3)n[nH]2)c1. The van der Waals surface area contributed by atoms with Gasteiger partial charge in [-0.05, 0) is 25.1 Å². The van der Waals surface area contributed by atoms with Crippen molar-refractivity contribution in [2.75, 3.05) is 5.32 Å². The Morgan fingerprint density at radius 3 is 2.83 bits per heavy atom. The summed E-state index contributed by atoms with van der Waals surface area (Å²) in [5, 5.41) is 14.6. The third-order valence-corrected chi connectivity index (χ3v) is 5.06. The van der Waals surface area contributed by atoms with E-state index in [1.165, 1.54) is 11.8 Å². The van der Waals surface area contributed by atoms with Crippen LogP contribution in [0.2, 0.25) is 0 Å². The van der Waals surface area contributed by atoms with Crippen LogP contribution >= 0.6 is 11.8 Å². The highest BCUT2D eigenvalue weighted by atomic mass is 32.2. The Kier molecular flexibility index (Phi) is 6.19. The number of nitrogens with one attached hydrogen (secondary N) is 2. The Hall–Kier alpha value is -3.46. The molecule has 2 aromatic carbocycles. The number of nitrogens with zero attached hydrogens (tertiary/aromatic N) is 4. The van der Waals surface area contributed by atoms with Crippen molar-refractivity contribution in [3.63, 3.8) is 0 Å². The number of anilines is 1. The standard InChI is InChI=1S/C21H20N6O2S/c1-14-6-5-7-15(12-14)20-24-21(26-25-20)30-13-17-23-19(29-27-17)11-10-18(28)22-16-8-3-2-4-9-16/h2-9,12H,10-11,13H2,1H3,(H,22,28)(H,24,25,26). The largest absolute Gasteiger partial charge is 0.339 e. The molecule has 1 amide bonds. The maximum absolute atomic E-state index is 12.0. The minimum absolute atomic E-state index is 0.0975. The van der Waals surface area contributed by atoms with E-state index in [1.807, 2.05) is 61.5 Å². The molecule has 4 aromatic rings. The molecular formula is C21H20N6O2S. The van der Waals surface area contributed by atoms with Crippen LogP contribution in [0.15, 0.2) is 64.3 Å². The number of H-pyrrole nitrogens is 1. The molecule has 4 rings (SSSR count). The third kappa shape index (κ3) is 5.32. The van der Waals surface area contributed by atoms with Crippen LogP contribution in [0.25, 0.3) is 11.4 Å². The molecule has 9 heteroatoms. The summed E-state index contributed by atoms with van der Waals surface area (Å²) in [7, 11) is 0. The van der Waals surface area contributed by atoms with Crippen molar-refractivity contribution in [1.29, 1.82) is 0 Å². The quantitative estimate of drug-likeness (QED) is 0.414. The van der Waals surface area contributed by atoms with Crippen LogP contribution in [0, 0.1) is 6.92 Å². The van der Waals surface area contributed by atoms with Gasteiger partial charge in [-0.2, -0.15) is 4.98 Å². The first-order valence-corrected chi connectivity index (χ1v) is 10.4. The second-order valence-electron chi connectivity index (χ2n) is 6.64. The lowest BCUT2D eigenvalue weighted by Crippen LogP contribution is -2.12. The summed E-state index contributed by atoms with van der Waals surface area (Å²) in [6.07, 6.45) is 0.652. The first kappa shape index (κ1) is 19.8. The highest BCUT2D eigenvalue weighted by molar-refractivity contribution is 7.98. The first-order chi connectivity index (χ1) is 14.7. The molecule has 0 radical (unpaired) electrons. The number of thioether (sulfide) groups is 1. The van der Waals surface area contributed by atoms with E-state index in [9.17, 15) is 4.79 Å². The van der Waals surface area contributed by atoms with Crippen molar-refractivity contribution < 1.29 is 9.32 Å². The van der Waals surface area contributed by atoms with Gasteiger partial charge in [0.25, 0.3) is 0 Å². The van der Waals surface area contributed by atoms with Gasteiger partial charge in [0, 0.05) is 24.1 Å². The van der Waals surface area contributed by atoms with Gasteiger partial charge < -0.3 is 9.84 Å². The molecule has 0 aliphatic carbocycles. The average molecular weight is 420 g/mol. The number of rotatable bonds is 8. The van der Waals surface area contributed by atoms with Gasteiger partial charge in [-0.1, -0.05) is 58.9 Å². The molecule has 2 aromatic heterocycles. The number of aromatic amines is 1. The van der Waals surface area contributed by atoms with Gasteiger partial charge in [0.2, 0.25) is 17.0 Å². The van der Waals surface area contributed by atoms with Gasteiger partial charge in [-0.15, -0.1) is 5.10 Å². The lowest BCUT2D eigenvalue weighted by molar-refractivity contribution is -0.116. The topological polar surface area (TPSA) is 110 Å². The van der Waals surface area contributed by atoms with Crippen LogP contribution < -0.4 is 5.32 Å². The zero-order chi connectivity index (χ0) is 20.8.